The van der Waals surface area contributed by atoms with E-state index in [1.807, 2.05) is 18.2 Å². The third kappa shape index (κ3) is 4.36. The fourth-order valence-electron chi connectivity index (χ4n) is 3.27. The number of hydrogen-bond donors (Lipinski definition) is 0. The van der Waals surface area contributed by atoms with Crippen LogP contribution >= 0.6 is 11.8 Å². The molecule has 2 heterocycles. The molecule has 4 rings (SSSR count). The minimum absolute atomic E-state index is 0.159. The second kappa shape index (κ2) is 8.75. The van der Waals surface area contributed by atoms with Crippen molar-refractivity contribution in [2.45, 2.75) is 36.4 Å². The number of rotatable bonds is 7. The number of nitrogens with zero attached hydrogens (tertiary/aromatic N) is 3. The van der Waals surface area contributed by atoms with Crippen molar-refractivity contribution in [1.82, 2.24) is 14.8 Å². The third-order valence-electron chi connectivity index (χ3n) is 4.73. The first-order valence-electron chi connectivity index (χ1n) is 9.29. The van der Waals surface area contributed by atoms with Gasteiger partial charge in [0.15, 0.2) is 11.0 Å². The summed E-state index contributed by atoms with van der Waals surface area (Å²) in [6.45, 7) is 1.49. The summed E-state index contributed by atoms with van der Waals surface area (Å²) in [5.74, 6) is 2.07. The average Bonchev–Trinajstić information content (AvgIpc) is 3.38. The first kappa shape index (κ1) is 19.0. The molecule has 0 amide bonds. The van der Waals surface area contributed by atoms with Gasteiger partial charge in [0.2, 0.25) is 0 Å². The van der Waals surface area contributed by atoms with Gasteiger partial charge < -0.3 is 9.47 Å². The maximum Gasteiger partial charge on any atom is 0.191 e. The lowest BCUT2D eigenvalue weighted by Gasteiger charge is -2.15. The number of hydrogen-bond acceptors (Lipinski definition) is 5. The van der Waals surface area contributed by atoms with Crippen molar-refractivity contribution in [3.05, 3.63) is 59.9 Å². The number of benzene rings is 2. The first-order valence-corrected chi connectivity index (χ1v) is 10.3. The van der Waals surface area contributed by atoms with Crippen LogP contribution in [-0.4, -0.2) is 34.6 Å². The maximum absolute atomic E-state index is 13.3. The van der Waals surface area contributed by atoms with Crippen LogP contribution in [0.5, 0.6) is 5.75 Å². The largest absolute Gasteiger partial charge is 0.497 e. The van der Waals surface area contributed by atoms with E-state index in [0.29, 0.717) is 6.54 Å². The van der Waals surface area contributed by atoms with Crippen LogP contribution in [0.4, 0.5) is 4.39 Å². The Bertz CT molecular complexity index is 924. The lowest BCUT2D eigenvalue weighted by atomic mass is 10.2. The number of ether oxygens (including phenoxy) is 2. The summed E-state index contributed by atoms with van der Waals surface area (Å²) in [4.78, 5) is 0. The summed E-state index contributed by atoms with van der Waals surface area (Å²) >= 11 is 1.63. The zero-order valence-electron chi connectivity index (χ0n) is 15.7. The Balaban J connectivity index is 1.59. The fourth-order valence-corrected chi connectivity index (χ4v) is 4.17. The van der Waals surface area contributed by atoms with Crippen LogP contribution in [0.2, 0.25) is 0 Å². The van der Waals surface area contributed by atoms with Crippen LogP contribution in [0.15, 0.2) is 53.7 Å². The van der Waals surface area contributed by atoms with Gasteiger partial charge in [-0.25, -0.2) is 4.39 Å². The van der Waals surface area contributed by atoms with Gasteiger partial charge in [-0.1, -0.05) is 23.9 Å². The van der Waals surface area contributed by atoms with Crippen molar-refractivity contribution >= 4 is 11.8 Å². The highest BCUT2D eigenvalue weighted by Gasteiger charge is 2.22. The summed E-state index contributed by atoms with van der Waals surface area (Å²) in [7, 11) is 1.67. The molecular formula is C21H22FN3O2S. The Kier molecular flexibility index (Phi) is 5.92. The minimum Gasteiger partial charge on any atom is -0.497 e. The molecule has 3 aromatic rings. The topological polar surface area (TPSA) is 49.2 Å². The van der Waals surface area contributed by atoms with Crippen molar-refractivity contribution in [2.75, 3.05) is 13.7 Å². The van der Waals surface area contributed by atoms with Crippen molar-refractivity contribution in [3.63, 3.8) is 0 Å². The molecule has 1 unspecified atom stereocenters. The van der Waals surface area contributed by atoms with E-state index in [2.05, 4.69) is 20.8 Å². The Hall–Kier alpha value is -2.38. The highest BCUT2D eigenvalue weighted by atomic mass is 32.2. The Morgan fingerprint density at radius 3 is 2.82 bits per heavy atom. The molecule has 5 nitrogen and oxygen atoms in total. The van der Waals surface area contributed by atoms with Gasteiger partial charge in [-0.05, 0) is 54.8 Å². The van der Waals surface area contributed by atoms with Crippen LogP contribution in [0.1, 0.15) is 18.4 Å². The molecule has 0 N–H and O–H groups in total. The first-order chi connectivity index (χ1) is 13.7. The van der Waals surface area contributed by atoms with Gasteiger partial charge in [0.05, 0.1) is 19.8 Å². The molecule has 146 valence electrons. The van der Waals surface area contributed by atoms with E-state index in [0.717, 1.165) is 53.1 Å². The molecule has 2 aromatic carbocycles. The van der Waals surface area contributed by atoms with Crippen molar-refractivity contribution in [1.29, 1.82) is 0 Å². The number of methoxy groups -OCH3 is 1. The molecule has 1 aromatic heterocycles. The molecule has 1 fully saturated rings. The minimum atomic E-state index is -0.262. The second-order valence-corrected chi connectivity index (χ2v) is 7.64. The fraction of sp³-hybridized carbons (Fsp3) is 0.333. The van der Waals surface area contributed by atoms with Crippen molar-refractivity contribution < 1.29 is 13.9 Å². The van der Waals surface area contributed by atoms with Gasteiger partial charge in [-0.3, -0.25) is 4.57 Å². The maximum atomic E-state index is 13.3. The van der Waals surface area contributed by atoms with Gasteiger partial charge in [-0.15, -0.1) is 10.2 Å². The zero-order chi connectivity index (χ0) is 19.3. The third-order valence-corrected chi connectivity index (χ3v) is 5.77. The van der Waals surface area contributed by atoms with Crippen molar-refractivity contribution in [3.8, 4) is 17.1 Å². The molecule has 0 spiro atoms. The summed E-state index contributed by atoms with van der Waals surface area (Å²) in [6, 6.07) is 14.4. The SMILES string of the molecule is COc1cccc(CSc2nnc(-c3ccc(F)cc3)n2CC2CCCO2)c1. The molecule has 0 aliphatic carbocycles. The quantitative estimate of drug-likeness (QED) is 0.545. The Labute approximate surface area is 167 Å². The molecule has 1 saturated heterocycles. The van der Waals surface area contributed by atoms with Gasteiger partial charge in [0.25, 0.3) is 0 Å². The molecule has 0 saturated carbocycles. The lowest BCUT2D eigenvalue weighted by Crippen LogP contribution is -2.16. The van der Waals surface area contributed by atoms with Crippen LogP contribution in [-0.2, 0) is 17.0 Å². The predicted molar refractivity (Wildman–Crippen MR) is 107 cm³/mol. The number of aromatic nitrogens is 3. The predicted octanol–water partition coefficient (Wildman–Crippen LogP) is 4.56. The summed E-state index contributed by atoms with van der Waals surface area (Å²) in [6.07, 6.45) is 2.26. The Morgan fingerprint density at radius 2 is 2.07 bits per heavy atom. The number of halogens is 1. The number of thioether (sulfide) groups is 1. The highest BCUT2D eigenvalue weighted by Crippen LogP contribution is 2.29. The molecule has 1 aliphatic rings. The van der Waals surface area contributed by atoms with E-state index in [1.165, 1.54) is 12.1 Å². The molecule has 28 heavy (non-hydrogen) atoms. The second-order valence-electron chi connectivity index (χ2n) is 6.70. The van der Waals surface area contributed by atoms with E-state index in [9.17, 15) is 4.39 Å². The molecule has 1 aliphatic heterocycles. The lowest BCUT2D eigenvalue weighted by molar-refractivity contribution is 0.0953. The van der Waals surface area contributed by atoms with E-state index in [4.69, 9.17) is 9.47 Å². The van der Waals surface area contributed by atoms with Gasteiger partial charge in [0.1, 0.15) is 11.6 Å². The van der Waals surface area contributed by atoms with Crippen LogP contribution in [0.3, 0.4) is 0 Å². The van der Waals surface area contributed by atoms with Gasteiger partial charge in [-0.2, -0.15) is 0 Å². The van der Waals surface area contributed by atoms with Crippen LogP contribution in [0.25, 0.3) is 11.4 Å². The Morgan fingerprint density at radius 1 is 1.21 bits per heavy atom. The van der Waals surface area contributed by atoms with E-state index in [1.54, 1.807) is 31.0 Å². The summed E-state index contributed by atoms with van der Waals surface area (Å²) in [5, 5.41) is 9.63. The zero-order valence-corrected chi connectivity index (χ0v) is 16.5. The molecular weight excluding hydrogens is 377 g/mol. The molecule has 1 atom stereocenters. The molecule has 0 bridgehead atoms. The van der Waals surface area contributed by atoms with Crippen LogP contribution in [0, 0.1) is 5.82 Å². The van der Waals surface area contributed by atoms with Gasteiger partial charge >= 0.3 is 0 Å². The standard InChI is InChI=1S/C21H22FN3O2S/c1-26-18-5-2-4-15(12-18)14-28-21-24-23-20(16-7-9-17(22)10-8-16)25(21)13-19-6-3-11-27-19/h2,4-5,7-10,12,19H,3,6,11,13-14H2,1H3. The summed E-state index contributed by atoms with van der Waals surface area (Å²) in [5.41, 5.74) is 2.00. The van der Waals surface area contributed by atoms with E-state index < -0.39 is 0 Å². The van der Waals surface area contributed by atoms with Gasteiger partial charge in [0, 0.05) is 17.9 Å². The van der Waals surface area contributed by atoms with E-state index in [-0.39, 0.29) is 11.9 Å². The normalized spacial score (nSPS) is 16.4. The molecule has 7 heteroatoms. The average molecular weight is 399 g/mol. The van der Waals surface area contributed by atoms with Crippen molar-refractivity contribution in [2.24, 2.45) is 0 Å². The summed E-state index contributed by atoms with van der Waals surface area (Å²) < 4.78 is 26.5. The monoisotopic (exact) mass is 399 g/mol. The van der Waals surface area contributed by atoms with E-state index >= 15 is 0 Å². The highest BCUT2D eigenvalue weighted by molar-refractivity contribution is 7.98. The molecule has 0 radical (unpaired) electrons. The van der Waals surface area contributed by atoms with Crippen LogP contribution < -0.4 is 4.74 Å². The smallest absolute Gasteiger partial charge is 0.191 e.